The molecule has 78 valence electrons. The molecule has 0 spiro atoms. The summed E-state index contributed by atoms with van der Waals surface area (Å²) in [6, 6.07) is 8.38. The zero-order chi connectivity index (χ0) is 10.4. The third-order valence-corrected chi connectivity index (χ3v) is 2.92. The first-order valence-corrected chi connectivity index (χ1v) is 5.94. The molecular formula is C12H17BrO. The van der Waals surface area contributed by atoms with Crippen LogP contribution in [0.3, 0.4) is 0 Å². The van der Waals surface area contributed by atoms with Crippen LogP contribution in [0.15, 0.2) is 28.7 Å². The van der Waals surface area contributed by atoms with Gasteiger partial charge in [-0.15, -0.1) is 0 Å². The fourth-order valence-electron chi connectivity index (χ4n) is 1.40. The Balaban J connectivity index is 2.28. The van der Waals surface area contributed by atoms with Crippen LogP contribution in [0.2, 0.25) is 0 Å². The largest absolute Gasteiger partial charge is 0.393 e. The topological polar surface area (TPSA) is 20.2 Å². The summed E-state index contributed by atoms with van der Waals surface area (Å²) < 4.78 is 1.12. The highest BCUT2D eigenvalue weighted by Gasteiger charge is 2.00. The van der Waals surface area contributed by atoms with Gasteiger partial charge in [-0.2, -0.15) is 0 Å². The maximum Gasteiger partial charge on any atom is 0.0537 e. The predicted molar refractivity (Wildman–Crippen MR) is 63.4 cm³/mol. The Morgan fingerprint density at radius 3 is 2.50 bits per heavy atom. The summed E-state index contributed by atoms with van der Waals surface area (Å²) in [6.45, 7) is 2.02. The van der Waals surface area contributed by atoms with Crippen LogP contribution >= 0.6 is 15.9 Å². The van der Waals surface area contributed by atoms with Crippen molar-refractivity contribution in [3.05, 3.63) is 34.3 Å². The molecule has 1 unspecified atom stereocenters. The highest BCUT2D eigenvalue weighted by Crippen LogP contribution is 2.13. The summed E-state index contributed by atoms with van der Waals surface area (Å²) in [5, 5.41) is 9.37. The quantitative estimate of drug-likeness (QED) is 0.855. The van der Waals surface area contributed by atoms with Crippen LogP contribution < -0.4 is 0 Å². The molecule has 1 rings (SSSR count). The summed E-state index contributed by atoms with van der Waals surface area (Å²) in [4.78, 5) is 0. The number of aliphatic hydroxyl groups excluding tert-OH is 1. The maximum atomic E-state index is 9.37. The molecule has 0 aliphatic heterocycles. The summed E-state index contributed by atoms with van der Waals surface area (Å²) in [5.41, 5.74) is 1.34. The molecule has 0 fully saturated rings. The van der Waals surface area contributed by atoms with Gasteiger partial charge < -0.3 is 5.11 Å². The molecule has 0 aliphatic carbocycles. The zero-order valence-corrected chi connectivity index (χ0v) is 10.1. The molecule has 1 aromatic carbocycles. The predicted octanol–water partition coefficient (Wildman–Crippen LogP) is 3.54. The molecule has 14 heavy (non-hydrogen) atoms. The first kappa shape index (κ1) is 11.7. The van der Waals surface area contributed by atoms with Gasteiger partial charge in [0.1, 0.15) is 0 Å². The summed E-state index contributed by atoms with van der Waals surface area (Å²) in [7, 11) is 0. The molecule has 0 saturated carbocycles. The van der Waals surface area contributed by atoms with Crippen LogP contribution in [0.4, 0.5) is 0 Å². The molecule has 2 heteroatoms. The Kier molecular flexibility index (Phi) is 5.20. The van der Waals surface area contributed by atoms with E-state index in [0.717, 1.165) is 30.2 Å². The van der Waals surface area contributed by atoms with Gasteiger partial charge in [0.25, 0.3) is 0 Å². The van der Waals surface area contributed by atoms with Crippen molar-refractivity contribution in [3.63, 3.8) is 0 Å². The van der Waals surface area contributed by atoms with Gasteiger partial charge in [-0.1, -0.05) is 35.0 Å². The van der Waals surface area contributed by atoms with Crippen molar-refractivity contribution >= 4 is 15.9 Å². The standard InChI is InChI=1S/C12H17BrO/c1-2-12(14)5-3-4-10-6-8-11(13)9-7-10/h6-9,12,14H,2-5H2,1H3. The van der Waals surface area contributed by atoms with E-state index in [9.17, 15) is 5.11 Å². The number of halogens is 1. The second-order valence-electron chi connectivity index (χ2n) is 3.58. The van der Waals surface area contributed by atoms with Crippen molar-refractivity contribution in [1.82, 2.24) is 0 Å². The third kappa shape index (κ3) is 4.25. The molecule has 0 aromatic heterocycles. The minimum absolute atomic E-state index is 0.120. The Bertz CT molecular complexity index is 256. The lowest BCUT2D eigenvalue weighted by atomic mass is 10.1. The molecule has 1 atom stereocenters. The highest BCUT2D eigenvalue weighted by molar-refractivity contribution is 9.10. The van der Waals surface area contributed by atoms with E-state index in [2.05, 4.69) is 40.2 Å². The lowest BCUT2D eigenvalue weighted by molar-refractivity contribution is 0.158. The molecule has 0 heterocycles. The van der Waals surface area contributed by atoms with Crippen molar-refractivity contribution in [2.24, 2.45) is 0 Å². The second-order valence-corrected chi connectivity index (χ2v) is 4.50. The zero-order valence-electron chi connectivity index (χ0n) is 8.54. The maximum absolute atomic E-state index is 9.37. The van der Waals surface area contributed by atoms with E-state index < -0.39 is 0 Å². The molecular weight excluding hydrogens is 240 g/mol. The van der Waals surface area contributed by atoms with E-state index >= 15 is 0 Å². The molecule has 0 saturated heterocycles. The average molecular weight is 257 g/mol. The fraction of sp³-hybridized carbons (Fsp3) is 0.500. The average Bonchev–Trinajstić information content (AvgIpc) is 2.21. The molecule has 0 bridgehead atoms. The van der Waals surface area contributed by atoms with Crippen LogP contribution in [-0.4, -0.2) is 11.2 Å². The fourth-order valence-corrected chi connectivity index (χ4v) is 1.66. The molecule has 0 amide bonds. The Labute approximate surface area is 94.3 Å². The van der Waals surface area contributed by atoms with Gasteiger partial charge in [-0.05, 0) is 43.4 Å². The number of aryl methyl sites for hydroxylation is 1. The normalized spacial score (nSPS) is 12.8. The summed E-state index contributed by atoms with van der Waals surface area (Å²) >= 11 is 3.41. The minimum atomic E-state index is -0.120. The van der Waals surface area contributed by atoms with E-state index in [1.165, 1.54) is 5.56 Å². The van der Waals surface area contributed by atoms with E-state index in [1.807, 2.05) is 6.92 Å². The first-order valence-electron chi connectivity index (χ1n) is 5.15. The van der Waals surface area contributed by atoms with Crippen LogP contribution in [0.1, 0.15) is 31.7 Å². The molecule has 1 nitrogen and oxygen atoms in total. The summed E-state index contributed by atoms with van der Waals surface area (Å²) in [6.07, 6.45) is 3.78. The Morgan fingerprint density at radius 1 is 1.29 bits per heavy atom. The highest BCUT2D eigenvalue weighted by atomic mass is 79.9. The van der Waals surface area contributed by atoms with Crippen LogP contribution in [0.5, 0.6) is 0 Å². The van der Waals surface area contributed by atoms with E-state index in [-0.39, 0.29) is 6.10 Å². The first-order chi connectivity index (χ1) is 6.72. The third-order valence-electron chi connectivity index (χ3n) is 2.39. The van der Waals surface area contributed by atoms with Gasteiger partial charge in [0.2, 0.25) is 0 Å². The van der Waals surface area contributed by atoms with Gasteiger partial charge in [-0.25, -0.2) is 0 Å². The summed E-state index contributed by atoms with van der Waals surface area (Å²) in [5.74, 6) is 0. The number of benzene rings is 1. The number of rotatable bonds is 5. The van der Waals surface area contributed by atoms with Crippen molar-refractivity contribution in [3.8, 4) is 0 Å². The van der Waals surface area contributed by atoms with Gasteiger partial charge in [0, 0.05) is 4.47 Å². The van der Waals surface area contributed by atoms with E-state index in [0.29, 0.717) is 0 Å². The monoisotopic (exact) mass is 256 g/mol. The van der Waals surface area contributed by atoms with Crippen molar-refractivity contribution in [2.75, 3.05) is 0 Å². The Hall–Kier alpha value is -0.340. The van der Waals surface area contributed by atoms with Gasteiger partial charge >= 0.3 is 0 Å². The van der Waals surface area contributed by atoms with Crippen LogP contribution in [-0.2, 0) is 6.42 Å². The van der Waals surface area contributed by atoms with Crippen LogP contribution in [0.25, 0.3) is 0 Å². The number of hydrogen-bond donors (Lipinski definition) is 1. The number of hydrogen-bond acceptors (Lipinski definition) is 1. The lowest BCUT2D eigenvalue weighted by Gasteiger charge is -2.06. The molecule has 1 aromatic rings. The molecule has 1 N–H and O–H groups in total. The van der Waals surface area contributed by atoms with Gasteiger partial charge in [0.05, 0.1) is 6.10 Å². The Morgan fingerprint density at radius 2 is 1.93 bits per heavy atom. The van der Waals surface area contributed by atoms with E-state index in [1.54, 1.807) is 0 Å². The SMILES string of the molecule is CCC(O)CCCc1ccc(Br)cc1. The second kappa shape index (κ2) is 6.20. The van der Waals surface area contributed by atoms with Crippen molar-refractivity contribution in [1.29, 1.82) is 0 Å². The molecule has 0 radical (unpaired) electrons. The minimum Gasteiger partial charge on any atom is -0.393 e. The van der Waals surface area contributed by atoms with Crippen molar-refractivity contribution < 1.29 is 5.11 Å². The smallest absolute Gasteiger partial charge is 0.0537 e. The van der Waals surface area contributed by atoms with E-state index in [4.69, 9.17) is 0 Å². The van der Waals surface area contributed by atoms with Gasteiger partial charge in [-0.3, -0.25) is 0 Å². The van der Waals surface area contributed by atoms with Crippen LogP contribution in [0, 0.1) is 0 Å². The molecule has 0 aliphatic rings. The number of aliphatic hydroxyl groups is 1. The lowest BCUT2D eigenvalue weighted by Crippen LogP contribution is -2.04. The van der Waals surface area contributed by atoms with Crippen molar-refractivity contribution in [2.45, 2.75) is 38.7 Å². The van der Waals surface area contributed by atoms with Gasteiger partial charge in [0.15, 0.2) is 0 Å².